The Balaban J connectivity index is 0. The molecule has 96 valence electrons. The second-order valence-electron chi connectivity index (χ2n) is 4.76. The predicted molar refractivity (Wildman–Crippen MR) is 77.8 cm³/mol. The summed E-state index contributed by atoms with van der Waals surface area (Å²) in [7, 11) is 0. The summed E-state index contributed by atoms with van der Waals surface area (Å²) >= 11 is 0. The van der Waals surface area contributed by atoms with Gasteiger partial charge in [0.15, 0.2) is 0 Å². The zero-order valence-corrected chi connectivity index (χ0v) is 12.9. The molecule has 16 heavy (non-hydrogen) atoms. The molecule has 0 heteroatoms. The molecule has 0 atom stereocenters. The Labute approximate surface area is 104 Å². The van der Waals surface area contributed by atoms with Gasteiger partial charge in [-0.1, -0.05) is 65.7 Å². The molecule has 0 unspecified atom stereocenters. The van der Waals surface area contributed by atoms with Crippen LogP contribution in [0.5, 0.6) is 0 Å². The van der Waals surface area contributed by atoms with Crippen molar-refractivity contribution in [2.24, 2.45) is 11.8 Å². The molecule has 0 spiro atoms. The van der Waals surface area contributed by atoms with E-state index in [1.54, 1.807) is 0 Å². The number of hydrogen-bond donors (Lipinski definition) is 0. The molecule has 0 saturated carbocycles. The van der Waals surface area contributed by atoms with E-state index in [1.165, 1.54) is 16.7 Å². The quantitative estimate of drug-likeness (QED) is 0.514. The molecular formula is C16H32. The maximum absolute atomic E-state index is 2.38. The molecule has 0 heterocycles. The van der Waals surface area contributed by atoms with Gasteiger partial charge >= 0.3 is 0 Å². The third-order valence-corrected chi connectivity index (χ3v) is 3.07. The van der Waals surface area contributed by atoms with E-state index in [0.717, 1.165) is 6.42 Å². The van der Waals surface area contributed by atoms with Gasteiger partial charge in [-0.15, -0.1) is 0 Å². The Morgan fingerprint density at radius 3 is 1.62 bits per heavy atom. The Morgan fingerprint density at radius 2 is 1.38 bits per heavy atom. The maximum atomic E-state index is 2.38. The monoisotopic (exact) mass is 224 g/mol. The largest absolute Gasteiger partial charge is 0.0705 e. The second-order valence-corrected chi connectivity index (χ2v) is 4.76. The van der Waals surface area contributed by atoms with Gasteiger partial charge in [0.05, 0.1) is 0 Å². The summed E-state index contributed by atoms with van der Waals surface area (Å²) in [6.45, 7) is 19.8. The van der Waals surface area contributed by atoms with Crippen LogP contribution < -0.4 is 0 Å². The van der Waals surface area contributed by atoms with Crippen molar-refractivity contribution in [3.05, 3.63) is 22.8 Å². The van der Waals surface area contributed by atoms with Crippen molar-refractivity contribution in [2.45, 2.75) is 68.7 Å². The highest BCUT2D eigenvalue weighted by atomic mass is 14.1. The lowest BCUT2D eigenvalue weighted by molar-refractivity contribution is 0.744. The van der Waals surface area contributed by atoms with Crippen molar-refractivity contribution >= 4 is 0 Å². The van der Waals surface area contributed by atoms with Gasteiger partial charge in [-0.05, 0) is 37.7 Å². The summed E-state index contributed by atoms with van der Waals surface area (Å²) in [4.78, 5) is 0. The molecule has 0 aromatic rings. The Kier molecular flexibility index (Phi) is 10.8. The van der Waals surface area contributed by atoms with Crippen LogP contribution in [-0.4, -0.2) is 0 Å². The lowest BCUT2D eigenvalue weighted by Gasteiger charge is -2.13. The molecular weight excluding hydrogens is 192 g/mol. The zero-order valence-electron chi connectivity index (χ0n) is 12.9. The highest BCUT2D eigenvalue weighted by Gasteiger charge is 2.04. The molecule has 0 aromatic carbocycles. The number of allylic oxidation sites excluding steroid dienone is 4. The lowest BCUT2D eigenvalue weighted by Crippen LogP contribution is -1.96. The van der Waals surface area contributed by atoms with Crippen molar-refractivity contribution in [1.82, 2.24) is 0 Å². The number of hydrogen-bond acceptors (Lipinski definition) is 0. The average molecular weight is 224 g/mol. The van der Waals surface area contributed by atoms with Crippen LogP contribution in [-0.2, 0) is 0 Å². The fourth-order valence-electron chi connectivity index (χ4n) is 1.31. The molecule has 0 N–H and O–H groups in total. The lowest BCUT2D eigenvalue weighted by atomic mass is 9.94. The standard InChI is InChI=1S/C14H26.C2H6/c1-8-14(13(7)11(4)5)9-12(6)10(2)3;1-2/h9-11H,8H2,1-7H3;1-2H3/b12-9+,14-13+;. The summed E-state index contributed by atoms with van der Waals surface area (Å²) in [6.07, 6.45) is 3.52. The molecule has 0 saturated heterocycles. The summed E-state index contributed by atoms with van der Waals surface area (Å²) in [5, 5.41) is 0. The first-order valence-corrected chi connectivity index (χ1v) is 6.77. The minimum Gasteiger partial charge on any atom is -0.0705 e. The van der Waals surface area contributed by atoms with Crippen molar-refractivity contribution < 1.29 is 0 Å². The molecule has 0 aromatic heterocycles. The van der Waals surface area contributed by atoms with Crippen LogP contribution >= 0.6 is 0 Å². The van der Waals surface area contributed by atoms with Gasteiger partial charge in [0.25, 0.3) is 0 Å². The van der Waals surface area contributed by atoms with Gasteiger partial charge in [0.1, 0.15) is 0 Å². The minimum atomic E-state index is 0.663. The van der Waals surface area contributed by atoms with Crippen LogP contribution in [0.25, 0.3) is 0 Å². The van der Waals surface area contributed by atoms with E-state index >= 15 is 0 Å². The second kappa shape index (κ2) is 9.69. The molecule has 0 aliphatic carbocycles. The van der Waals surface area contributed by atoms with Gasteiger partial charge in [-0.25, -0.2) is 0 Å². The van der Waals surface area contributed by atoms with Crippen molar-refractivity contribution in [2.75, 3.05) is 0 Å². The SMILES string of the molecule is CC.CCC(/C=C(\C)C(C)C)=C(/C)C(C)C. The van der Waals surface area contributed by atoms with Crippen LogP contribution in [0.4, 0.5) is 0 Å². The van der Waals surface area contributed by atoms with Crippen LogP contribution in [0.2, 0.25) is 0 Å². The molecule has 0 aliphatic rings. The number of rotatable bonds is 4. The smallest absolute Gasteiger partial charge is 0.0257 e. The van der Waals surface area contributed by atoms with Gasteiger partial charge in [-0.3, -0.25) is 0 Å². The zero-order chi connectivity index (χ0) is 13.3. The van der Waals surface area contributed by atoms with Crippen LogP contribution in [0.15, 0.2) is 22.8 Å². The Bertz CT molecular complexity index is 226. The highest BCUT2D eigenvalue weighted by molar-refractivity contribution is 5.28. The minimum absolute atomic E-state index is 0.663. The predicted octanol–water partition coefficient (Wildman–Crippen LogP) is 6.00. The fraction of sp³-hybridized carbons (Fsp3) is 0.750. The molecule has 0 fully saturated rings. The van der Waals surface area contributed by atoms with Gasteiger partial charge < -0.3 is 0 Å². The summed E-state index contributed by atoms with van der Waals surface area (Å²) in [5.41, 5.74) is 4.54. The van der Waals surface area contributed by atoms with Crippen LogP contribution in [0.1, 0.15) is 68.7 Å². The van der Waals surface area contributed by atoms with Crippen LogP contribution in [0, 0.1) is 11.8 Å². The van der Waals surface area contributed by atoms with Gasteiger partial charge in [0, 0.05) is 0 Å². The van der Waals surface area contributed by atoms with E-state index < -0.39 is 0 Å². The van der Waals surface area contributed by atoms with E-state index in [9.17, 15) is 0 Å². The first kappa shape index (κ1) is 17.9. The topological polar surface area (TPSA) is 0 Å². The first-order valence-electron chi connectivity index (χ1n) is 6.77. The fourth-order valence-corrected chi connectivity index (χ4v) is 1.31. The van der Waals surface area contributed by atoms with Crippen molar-refractivity contribution in [3.63, 3.8) is 0 Å². The Hall–Kier alpha value is -0.520. The van der Waals surface area contributed by atoms with E-state index in [2.05, 4.69) is 54.5 Å². The third-order valence-electron chi connectivity index (χ3n) is 3.07. The molecule has 0 rings (SSSR count). The van der Waals surface area contributed by atoms with Crippen molar-refractivity contribution in [1.29, 1.82) is 0 Å². The highest BCUT2D eigenvalue weighted by Crippen LogP contribution is 2.21. The summed E-state index contributed by atoms with van der Waals surface area (Å²) < 4.78 is 0. The Morgan fingerprint density at radius 1 is 0.938 bits per heavy atom. The van der Waals surface area contributed by atoms with E-state index in [0.29, 0.717) is 11.8 Å². The van der Waals surface area contributed by atoms with E-state index in [1.807, 2.05) is 13.8 Å². The van der Waals surface area contributed by atoms with Crippen molar-refractivity contribution in [3.8, 4) is 0 Å². The normalized spacial score (nSPS) is 13.6. The maximum Gasteiger partial charge on any atom is -0.0257 e. The van der Waals surface area contributed by atoms with E-state index in [-0.39, 0.29) is 0 Å². The summed E-state index contributed by atoms with van der Waals surface area (Å²) in [6, 6.07) is 0. The van der Waals surface area contributed by atoms with Gasteiger partial charge in [-0.2, -0.15) is 0 Å². The van der Waals surface area contributed by atoms with Crippen LogP contribution in [0.3, 0.4) is 0 Å². The molecule has 0 aliphatic heterocycles. The molecule has 0 amide bonds. The first-order chi connectivity index (χ1) is 7.40. The molecule has 0 radical (unpaired) electrons. The van der Waals surface area contributed by atoms with Gasteiger partial charge in [0.2, 0.25) is 0 Å². The summed E-state index contributed by atoms with van der Waals surface area (Å²) in [5.74, 6) is 1.33. The average Bonchev–Trinajstić information content (AvgIpc) is 2.26. The van der Waals surface area contributed by atoms with E-state index in [4.69, 9.17) is 0 Å². The third kappa shape index (κ3) is 6.87. The molecule has 0 nitrogen and oxygen atoms in total. The molecule has 0 bridgehead atoms.